The first-order chi connectivity index (χ1) is 5.88. The van der Waals surface area contributed by atoms with Crippen molar-refractivity contribution < 1.29 is 51.0 Å². The Bertz CT molecular complexity index is 228. The molecule has 0 heterocycles. The Morgan fingerprint density at radius 3 is 2.20 bits per heavy atom. The van der Waals surface area contributed by atoms with Crippen LogP contribution in [0.4, 0.5) is 0 Å². The van der Waals surface area contributed by atoms with E-state index in [1.807, 2.05) is 0 Å². The Labute approximate surface area is 125 Å². The summed E-state index contributed by atoms with van der Waals surface area (Å²) in [7, 11) is 0. The molecule has 0 N–H and O–H groups in total. The number of hydrogen-bond donors (Lipinski definition) is 0. The quantitative estimate of drug-likeness (QED) is 0.474. The Balaban J connectivity index is 0. The van der Waals surface area contributed by atoms with Crippen LogP contribution in [-0.4, -0.2) is 0 Å². The number of allylic oxidation sites excluding steroid dienone is 4. The Morgan fingerprint density at radius 2 is 1.73 bits per heavy atom. The molecule has 0 aromatic heterocycles. The molecule has 0 spiro atoms. The van der Waals surface area contributed by atoms with E-state index in [4.69, 9.17) is 0 Å². The zero-order chi connectivity index (χ0) is 8.39. The zero-order valence-corrected chi connectivity index (χ0v) is 13.1. The van der Waals surface area contributed by atoms with Gasteiger partial charge in [0.2, 0.25) is 0 Å². The third kappa shape index (κ3) is 4.76. The zero-order valence-electron chi connectivity index (χ0n) is 9.15. The van der Waals surface area contributed by atoms with Crippen molar-refractivity contribution in [1.29, 1.82) is 0 Å². The minimum atomic E-state index is 0. The van der Waals surface area contributed by atoms with Gasteiger partial charge in [-0.25, -0.2) is 11.1 Å². The van der Waals surface area contributed by atoms with E-state index in [-0.39, 0.29) is 51.0 Å². The third-order valence-electron chi connectivity index (χ3n) is 3.14. The molecule has 0 unspecified atom stereocenters. The van der Waals surface area contributed by atoms with E-state index < -0.39 is 0 Å². The minimum absolute atomic E-state index is 0. The molecule has 1 fully saturated rings. The van der Waals surface area contributed by atoms with Crippen molar-refractivity contribution in [2.24, 2.45) is 5.92 Å². The molecule has 0 atom stereocenters. The summed E-state index contributed by atoms with van der Waals surface area (Å²) < 4.78 is 0. The number of hydrogen-bond acceptors (Lipinski definition) is 0. The topological polar surface area (TPSA) is 0 Å². The van der Waals surface area contributed by atoms with E-state index >= 15 is 0 Å². The van der Waals surface area contributed by atoms with Crippen molar-refractivity contribution in [3.05, 3.63) is 23.3 Å². The van der Waals surface area contributed by atoms with Crippen LogP contribution in [0.3, 0.4) is 0 Å². The van der Waals surface area contributed by atoms with Gasteiger partial charge in [-0.15, -0.1) is 13.3 Å². The standard InChI is InChI=1S/C12H17.2ClH.Zr/c1-10-6-5-9-12(10)11-7-3-2-4-8-11;;;/h6,11H,2-5,7-8H2,1H3;2*1H;/q-1;;;+3/p-2. The molecule has 2 aliphatic rings. The normalized spacial score (nSPS) is 20.3. The van der Waals surface area contributed by atoms with E-state index in [1.54, 1.807) is 5.57 Å². The van der Waals surface area contributed by atoms with Gasteiger partial charge in [0.05, 0.1) is 0 Å². The van der Waals surface area contributed by atoms with Crippen molar-refractivity contribution >= 4 is 0 Å². The first kappa shape index (κ1) is 18.3. The molecule has 1 radical (unpaired) electrons. The fourth-order valence-electron chi connectivity index (χ4n) is 2.42. The van der Waals surface area contributed by atoms with E-state index in [2.05, 4.69) is 19.1 Å². The summed E-state index contributed by atoms with van der Waals surface area (Å²) in [6.45, 7) is 2.24. The van der Waals surface area contributed by atoms with Crippen molar-refractivity contribution in [2.75, 3.05) is 0 Å². The maximum absolute atomic E-state index is 3.50. The molecule has 2 aliphatic carbocycles. The molecule has 0 saturated heterocycles. The van der Waals surface area contributed by atoms with E-state index in [1.165, 1.54) is 37.7 Å². The van der Waals surface area contributed by atoms with Crippen LogP contribution in [0, 0.1) is 12.0 Å². The largest absolute Gasteiger partial charge is 3.00 e. The molecule has 0 nitrogen and oxygen atoms in total. The number of rotatable bonds is 1. The molecule has 1 saturated carbocycles. The van der Waals surface area contributed by atoms with Crippen LogP contribution < -0.4 is 24.8 Å². The van der Waals surface area contributed by atoms with Gasteiger partial charge in [-0.2, -0.15) is 6.08 Å². The average molecular weight is 323 g/mol. The van der Waals surface area contributed by atoms with Gasteiger partial charge in [0.15, 0.2) is 0 Å². The second-order valence-electron chi connectivity index (χ2n) is 4.02. The molecule has 2 rings (SSSR count). The SMILES string of the molecule is CC1=CC[C-]=C1C1CCCCC1.[Cl-].[Cl-].[Zr+3]. The summed E-state index contributed by atoms with van der Waals surface area (Å²) in [6, 6.07) is 0. The first-order valence-electron chi connectivity index (χ1n) is 5.16. The summed E-state index contributed by atoms with van der Waals surface area (Å²) in [6.07, 6.45) is 14.0. The van der Waals surface area contributed by atoms with Crippen LogP contribution in [0.2, 0.25) is 0 Å². The van der Waals surface area contributed by atoms with Gasteiger partial charge in [-0.3, -0.25) is 6.08 Å². The molecule has 83 valence electrons. The smallest absolute Gasteiger partial charge is 1.00 e. The van der Waals surface area contributed by atoms with E-state index in [0.29, 0.717) is 0 Å². The molecular formula is C12H17Cl2Zr. The van der Waals surface area contributed by atoms with Crippen LogP contribution in [0.5, 0.6) is 0 Å². The maximum Gasteiger partial charge on any atom is 3.00 e. The summed E-state index contributed by atoms with van der Waals surface area (Å²) in [4.78, 5) is 0. The van der Waals surface area contributed by atoms with Gasteiger partial charge >= 0.3 is 26.2 Å². The van der Waals surface area contributed by atoms with Gasteiger partial charge in [0.25, 0.3) is 0 Å². The summed E-state index contributed by atoms with van der Waals surface area (Å²) in [5, 5.41) is 0. The molecule has 0 aromatic carbocycles. The van der Waals surface area contributed by atoms with Crippen LogP contribution in [0.25, 0.3) is 0 Å². The molecule has 0 amide bonds. The van der Waals surface area contributed by atoms with Crippen LogP contribution >= 0.6 is 0 Å². The van der Waals surface area contributed by atoms with Crippen LogP contribution in [0.1, 0.15) is 45.4 Å². The summed E-state index contributed by atoms with van der Waals surface area (Å²) >= 11 is 0. The van der Waals surface area contributed by atoms with Crippen LogP contribution in [-0.2, 0) is 26.2 Å². The third-order valence-corrected chi connectivity index (χ3v) is 3.14. The second kappa shape index (κ2) is 9.02. The predicted molar refractivity (Wildman–Crippen MR) is 51.7 cm³/mol. The Morgan fingerprint density at radius 1 is 1.13 bits per heavy atom. The Kier molecular flexibility index (Phi) is 11.0. The molecule has 0 aromatic rings. The van der Waals surface area contributed by atoms with Crippen molar-refractivity contribution in [3.63, 3.8) is 0 Å². The first-order valence-corrected chi connectivity index (χ1v) is 5.16. The van der Waals surface area contributed by atoms with Crippen molar-refractivity contribution in [3.8, 4) is 0 Å². The van der Waals surface area contributed by atoms with Crippen LogP contribution in [0.15, 0.2) is 17.2 Å². The summed E-state index contributed by atoms with van der Waals surface area (Å²) in [5.74, 6) is 0.859. The average Bonchev–Trinajstić information content (AvgIpc) is 2.53. The second-order valence-corrected chi connectivity index (χ2v) is 4.02. The minimum Gasteiger partial charge on any atom is -1.00 e. The fourth-order valence-corrected chi connectivity index (χ4v) is 2.42. The maximum atomic E-state index is 3.50. The van der Waals surface area contributed by atoms with E-state index in [9.17, 15) is 0 Å². The molecule has 3 heteroatoms. The molecule has 15 heavy (non-hydrogen) atoms. The van der Waals surface area contributed by atoms with Crippen molar-refractivity contribution in [2.45, 2.75) is 45.4 Å². The monoisotopic (exact) mass is 321 g/mol. The fraction of sp³-hybridized carbons (Fsp3) is 0.667. The number of halogens is 2. The van der Waals surface area contributed by atoms with Crippen molar-refractivity contribution in [1.82, 2.24) is 0 Å². The van der Waals surface area contributed by atoms with Gasteiger partial charge in [0, 0.05) is 0 Å². The molecule has 0 bridgehead atoms. The van der Waals surface area contributed by atoms with Gasteiger partial charge < -0.3 is 24.8 Å². The van der Waals surface area contributed by atoms with E-state index in [0.717, 1.165) is 12.3 Å². The summed E-state index contributed by atoms with van der Waals surface area (Å²) in [5.41, 5.74) is 3.05. The van der Waals surface area contributed by atoms with Gasteiger partial charge in [-0.05, 0) is 18.8 Å². The van der Waals surface area contributed by atoms with Gasteiger partial charge in [-0.1, -0.05) is 19.3 Å². The van der Waals surface area contributed by atoms with Gasteiger partial charge in [0.1, 0.15) is 0 Å². The Hall–Kier alpha value is 0.943. The predicted octanol–water partition coefficient (Wildman–Crippen LogP) is -2.35. The molecule has 0 aliphatic heterocycles. The molecular weight excluding hydrogens is 306 g/mol.